The minimum Gasteiger partial charge on any atom is -0.328 e. The first kappa shape index (κ1) is 15.4. The van der Waals surface area contributed by atoms with Gasteiger partial charge >= 0.3 is 0 Å². The number of rotatable bonds is 1. The van der Waals surface area contributed by atoms with Gasteiger partial charge in [-0.2, -0.15) is 10.1 Å². The number of hydrogen-bond acceptors (Lipinski definition) is 4. The minimum absolute atomic E-state index is 0.0565. The molecule has 4 rings (SSSR count). The number of aromatic nitrogens is 3. The molecule has 2 aromatic rings. The molecular formula is C18H19ClN4O. The van der Waals surface area contributed by atoms with E-state index in [1.807, 2.05) is 31.2 Å². The van der Waals surface area contributed by atoms with E-state index in [4.69, 9.17) is 11.6 Å². The number of anilines is 1. The topological polar surface area (TPSA) is 59.8 Å². The van der Waals surface area contributed by atoms with E-state index in [9.17, 15) is 4.79 Å². The maximum absolute atomic E-state index is 12.9. The summed E-state index contributed by atoms with van der Waals surface area (Å²) in [6.07, 6.45) is 1.35. The molecule has 5 nitrogen and oxygen atoms in total. The molecule has 124 valence electrons. The number of hydrogen-bond donors (Lipinski definition) is 1. The molecule has 0 spiro atoms. The molecule has 1 unspecified atom stereocenters. The van der Waals surface area contributed by atoms with Crippen molar-refractivity contribution in [1.29, 1.82) is 0 Å². The van der Waals surface area contributed by atoms with E-state index in [0.717, 1.165) is 23.3 Å². The zero-order valence-corrected chi connectivity index (χ0v) is 14.7. The molecule has 6 heteroatoms. The Morgan fingerprint density at radius 2 is 2.12 bits per heavy atom. The normalized spacial score (nSPS) is 22.0. The number of nitrogens with one attached hydrogen (secondary N) is 1. The molecule has 24 heavy (non-hydrogen) atoms. The molecular weight excluding hydrogens is 324 g/mol. The van der Waals surface area contributed by atoms with Crippen LogP contribution >= 0.6 is 11.6 Å². The number of Topliss-reactive ketones (excluding diaryl/α,β-unsaturated/α-hetero) is 1. The van der Waals surface area contributed by atoms with E-state index in [0.29, 0.717) is 23.2 Å². The second-order valence-corrected chi connectivity index (χ2v) is 7.78. The van der Waals surface area contributed by atoms with Gasteiger partial charge < -0.3 is 5.32 Å². The molecule has 0 bridgehead atoms. The van der Waals surface area contributed by atoms with Crippen LogP contribution < -0.4 is 5.32 Å². The number of halogens is 1. The quantitative estimate of drug-likeness (QED) is 0.853. The second-order valence-electron chi connectivity index (χ2n) is 7.34. The Labute approximate surface area is 145 Å². The van der Waals surface area contributed by atoms with Crippen LogP contribution in [0.1, 0.15) is 44.1 Å². The van der Waals surface area contributed by atoms with Crippen LogP contribution in [0.3, 0.4) is 0 Å². The molecule has 2 heterocycles. The molecule has 1 aliphatic carbocycles. The summed E-state index contributed by atoms with van der Waals surface area (Å²) < 4.78 is 1.80. The Morgan fingerprint density at radius 3 is 2.88 bits per heavy atom. The standard InChI is InChI=1S/C18H19ClN4O/c1-10-20-17-21-13-8-18(2,3)9-14(24)15(13)16(23(17)22-10)11-5-4-6-12(19)7-11/h4-7,16H,8-9H2,1-3H3,(H,20,21,22). The van der Waals surface area contributed by atoms with E-state index in [-0.39, 0.29) is 17.2 Å². The first-order valence-corrected chi connectivity index (χ1v) is 8.44. The summed E-state index contributed by atoms with van der Waals surface area (Å²) >= 11 is 6.19. The fourth-order valence-corrected chi connectivity index (χ4v) is 3.90. The van der Waals surface area contributed by atoms with Crippen LogP contribution in [0, 0.1) is 12.3 Å². The lowest BCUT2D eigenvalue weighted by Crippen LogP contribution is -2.36. The van der Waals surface area contributed by atoms with Crippen molar-refractivity contribution in [2.75, 3.05) is 5.32 Å². The molecule has 1 aliphatic heterocycles. The lowest BCUT2D eigenvalue weighted by atomic mass is 9.73. The van der Waals surface area contributed by atoms with Gasteiger partial charge in [-0.1, -0.05) is 37.6 Å². The highest BCUT2D eigenvalue weighted by Gasteiger charge is 2.41. The van der Waals surface area contributed by atoms with Gasteiger partial charge in [-0.05, 0) is 36.5 Å². The predicted octanol–water partition coefficient (Wildman–Crippen LogP) is 3.90. The molecule has 0 saturated heterocycles. The van der Waals surface area contributed by atoms with Crippen LogP contribution in [0.2, 0.25) is 5.02 Å². The summed E-state index contributed by atoms with van der Waals surface area (Å²) in [5.41, 5.74) is 2.64. The van der Waals surface area contributed by atoms with Crippen LogP contribution in [0.15, 0.2) is 35.5 Å². The summed E-state index contributed by atoms with van der Waals surface area (Å²) in [4.78, 5) is 17.4. The smallest absolute Gasteiger partial charge is 0.226 e. The van der Waals surface area contributed by atoms with Gasteiger partial charge in [0.25, 0.3) is 0 Å². The first-order chi connectivity index (χ1) is 11.3. The second kappa shape index (κ2) is 5.18. The third-order valence-corrected chi connectivity index (χ3v) is 4.84. The van der Waals surface area contributed by atoms with Crippen molar-refractivity contribution >= 4 is 23.3 Å². The van der Waals surface area contributed by atoms with Crippen molar-refractivity contribution < 1.29 is 4.79 Å². The number of aryl methyl sites for hydroxylation is 1. The summed E-state index contributed by atoms with van der Waals surface area (Å²) in [6.45, 7) is 6.09. The van der Waals surface area contributed by atoms with Crippen molar-refractivity contribution in [2.45, 2.75) is 39.7 Å². The monoisotopic (exact) mass is 342 g/mol. The Hall–Kier alpha value is -2.14. The molecule has 1 aromatic heterocycles. The maximum atomic E-state index is 12.9. The largest absolute Gasteiger partial charge is 0.328 e. The van der Waals surface area contributed by atoms with Gasteiger partial charge in [0.15, 0.2) is 5.78 Å². The fourth-order valence-electron chi connectivity index (χ4n) is 3.70. The molecule has 2 aliphatic rings. The summed E-state index contributed by atoms with van der Waals surface area (Å²) in [5, 5.41) is 8.50. The average Bonchev–Trinajstić information content (AvgIpc) is 2.83. The number of ketones is 1. The van der Waals surface area contributed by atoms with E-state index in [1.54, 1.807) is 4.68 Å². The van der Waals surface area contributed by atoms with Crippen LogP contribution in [0.5, 0.6) is 0 Å². The van der Waals surface area contributed by atoms with E-state index < -0.39 is 0 Å². The molecule has 0 amide bonds. The lowest BCUT2D eigenvalue weighted by molar-refractivity contribution is -0.118. The van der Waals surface area contributed by atoms with Gasteiger partial charge in [0.05, 0.1) is 0 Å². The average molecular weight is 343 g/mol. The molecule has 0 fully saturated rings. The van der Waals surface area contributed by atoms with Crippen LogP contribution in [0.4, 0.5) is 5.95 Å². The zero-order valence-electron chi connectivity index (χ0n) is 13.9. The lowest BCUT2D eigenvalue weighted by Gasteiger charge is -2.38. The Balaban J connectivity index is 1.93. The Morgan fingerprint density at radius 1 is 1.33 bits per heavy atom. The molecule has 1 N–H and O–H groups in total. The summed E-state index contributed by atoms with van der Waals surface area (Å²) in [7, 11) is 0. The number of fused-ring (bicyclic) bond motifs is 1. The van der Waals surface area contributed by atoms with Crippen molar-refractivity contribution in [3.05, 3.63) is 51.9 Å². The number of nitrogens with zero attached hydrogens (tertiary/aromatic N) is 3. The van der Waals surface area contributed by atoms with Crippen LogP contribution in [0.25, 0.3) is 0 Å². The Bertz CT molecular complexity index is 881. The van der Waals surface area contributed by atoms with Crippen molar-refractivity contribution in [1.82, 2.24) is 14.8 Å². The molecule has 1 atom stereocenters. The molecule has 1 aromatic carbocycles. The van der Waals surface area contributed by atoms with Crippen molar-refractivity contribution in [3.8, 4) is 0 Å². The highest BCUT2D eigenvalue weighted by Crippen LogP contribution is 2.45. The third-order valence-electron chi connectivity index (χ3n) is 4.60. The van der Waals surface area contributed by atoms with Gasteiger partial charge in [0.2, 0.25) is 5.95 Å². The number of carbonyl (C=O) groups is 1. The van der Waals surface area contributed by atoms with Crippen molar-refractivity contribution in [2.24, 2.45) is 5.41 Å². The van der Waals surface area contributed by atoms with Crippen LogP contribution in [-0.2, 0) is 4.79 Å². The number of carbonyl (C=O) groups excluding carboxylic acids is 1. The number of benzene rings is 1. The Kier molecular flexibility index (Phi) is 3.32. The van der Waals surface area contributed by atoms with Gasteiger partial charge in [-0.15, -0.1) is 0 Å². The van der Waals surface area contributed by atoms with E-state index in [1.165, 1.54) is 0 Å². The van der Waals surface area contributed by atoms with Gasteiger partial charge in [0, 0.05) is 22.7 Å². The highest BCUT2D eigenvalue weighted by atomic mass is 35.5. The molecule has 0 radical (unpaired) electrons. The van der Waals surface area contributed by atoms with Gasteiger partial charge in [-0.25, -0.2) is 4.68 Å². The van der Waals surface area contributed by atoms with Gasteiger partial charge in [-0.3, -0.25) is 4.79 Å². The highest BCUT2D eigenvalue weighted by molar-refractivity contribution is 6.30. The minimum atomic E-state index is -0.278. The van der Waals surface area contributed by atoms with E-state index in [2.05, 4.69) is 29.2 Å². The van der Waals surface area contributed by atoms with Crippen LogP contribution in [-0.4, -0.2) is 20.5 Å². The van der Waals surface area contributed by atoms with Gasteiger partial charge in [0.1, 0.15) is 11.9 Å². The summed E-state index contributed by atoms with van der Waals surface area (Å²) in [5.74, 6) is 1.52. The third kappa shape index (κ3) is 2.44. The predicted molar refractivity (Wildman–Crippen MR) is 93.0 cm³/mol. The van der Waals surface area contributed by atoms with Crippen molar-refractivity contribution in [3.63, 3.8) is 0 Å². The molecule has 0 saturated carbocycles. The number of allylic oxidation sites excluding steroid dienone is 2. The zero-order chi connectivity index (χ0) is 17.1. The SMILES string of the molecule is Cc1nc2n(n1)C(c1cccc(Cl)c1)C1=C(CC(C)(C)CC1=O)N2. The summed E-state index contributed by atoms with van der Waals surface area (Å²) in [6, 6.07) is 7.34. The fraction of sp³-hybridized carbons (Fsp3) is 0.389. The maximum Gasteiger partial charge on any atom is 0.226 e. The van der Waals surface area contributed by atoms with E-state index >= 15 is 0 Å². The first-order valence-electron chi connectivity index (χ1n) is 8.06.